The van der Waals surface area contributed by atoms with Gasteiger partial charge in [0.1, 0.15) is 0 Å². The van der Waals surface area contributed by atoms with E-state index in [1.165, 1.54) is 39.5 Å². The van der Waals surface area contributed by atoms with Crippen molar-refractivity contribution in [3.05, 3.63) is 75.8 Å². The van der Waals surface area contributed by atoms with Crippen molar-refractivity contribution in [1.29, 1.82) is 0 Å². The molecule has 1 N–H and O–H groups in total. The average molecular weight is 494 g/mol. The Bertz CT molecular complexity index is 1230. The lowest BCUT2D eigenvalue weighted by Crippen LogP contribution is -2.13. The highest BCUT2D eigenvalue weighted by Crippen LogP contribution is 2.38. The Morgan fingerprint density at radius 1 is 0.812 bits per heavy atom. The summed E-state index contributed by atoms with van der Waals surface area (Å²) in [5.41, 5.74) is 1.84. The van der Waals surface area contributed by atoms with E-state index in [0.717, 1.165) is 5.56 Å². The summed E-state index contributed by atoms with van der Waals surface area (Å²) < 4.78 is 44.4. The molecule has 0 bridgehead atoms. The summed E-state index contributed by atoms with van der Waals surface area (Å²) in [4.78, 5) is 0.00955. The van der Waals surface area contributed by atoms with Crippen LogP contribution in [0.4, 0.5) is 5.69 Å². The minimum absolute atomic E-state index is 0.00955. The van der Waals surface area contributed by atoms with Crippen LogP contribution in [0.25, 0.3) is 12.2 Å². The molecule has 0 saturated heterocycles. The molecule has 6 nitrogen and oxygen atoms in total. The van der Waals surface area contributed by atoms with E-state index >= 15 is 0 Å². The van der Waals surface area contributed by atoms with E-state index in [2.05, 4.69) is 4.72 Å². The molecule has 0 radical (unpaired) electrons. The molecule has 0 saturated carbocycles. The molecule has 0 aliphatic heterocycles. The Morgan fingerprint density at radius 2 is 1.47 bits per heavy atom. The van der Waals surface area contributed by atoms with Crippen LogP contribution in [-0.4, -0.2) is 29.7 Å². The fourth-order valence-electron chi connectivity index (χ4n) is 2.97. The standard InChI is InChI=1S/C23H21Cl2NO5S/c1-29-21-12-15(13-22(30-2)23(21)31-3)8-9-16-6-4-5-7-20(16)26-32(27,28)17-10-11-18(24)19(25)14-17/h4-14,26H,1-3H3. The van der Waals surface area contributed by atoms with E-state index in [0.29, 0.717) is 28.5 Å². The third kappa shape index (κ3) is 5.30. The van der Waals surface area contributed by atoms with Gasteiger partial charge in [0, 0.05) is 0 Å². The van der Waals surface area contributed by atoms with E-state index in [1.807, 2.05) is 12.1 Å². The minimum Gasteiger partial charge on any atom is -0.493 e. The normalized spacial score (nSPS) is 11.4. The van der Waals surface area contributed by atoms with Gasteiger partial charge in [0.2, 0.25) is 5.75 Å². The predicted molar refractivity (Wildman–Crippen MR) is 129 cm³/mol. The van der Waals surface area contributed by atoms with Gasteiger partial charge in [-0.3, -0.25) is 4.72 Å². The second kappa shape index (κ2) is 10.2. The summed E-state index contributed by atoms with van der Waals surface area (Å²) >= 11 is 11.9. The summed E-state index contributed by atoms with van der Waals surface area (Å²) in [5.74, 6) is 1.52. The zero-order valence-electron chi connectivity index (χ0n) is 17.6. The largest absolute Gasteiger partial charge is 0.493 e. The molecule has 0 spiro atoms. The van der Waals surface area contributed by atoms with Crippen LogP contribution in [0.3, 0.4) is 0 Å². The van der Waals surface area contributed by atoms with Gasteiger partial charge in [0.15, 0.2) is 11.5 Å². The molecule has 0 aliphatic rings. The summed E-state index contributed by atoms with van der Waals surface area (Å²) in [6, 6.07) is 14.7. The number of nitrogens with one attached hydrogen (secondary N) is 1. The minimum atomic E-state index is -3.87. The van der Waals surface area contributed by atoms with Crippen molar-refractivity contribution in [2.24, 2.45) is 0 Å². The number of rotatable bonds is 8. The molecule has 0 aliphatic carbocycles. The number of anilines is 1. The first-order valence-electron chi connectivity index (χ1n) is 9.34. The van der Waals surface area contributed by atoms with E-state index in [1.54, 1.807) is 36.4 Å². The van der Waals surface area contributed by atoms with Crippen LogP contribution in [0, 0.1) is 0 Å². The van der Waals surface area contributed by atoms with Gasteiger partial charge in [0.05, 0.1) is 42.0 Å². The van der Waals surface area contributed by atoms with Crippen molar-refractivity contribution in [3.8, 4) is 17.2 Å². The predicted octanol–water partition coefficient (Wildman–Crippen LogP) is 5.99. The number of hydrogen-bond donors (Lipinski definition) is 1. The Hall–Kier alpha value is -2.87. The second-order valence-corrected chi connectivity index (χ2v) is 9.06. The first-order valence-corrected chi connectivity index (χ1v) is 11.6. The van der Waals surface area contributed by atoms with Crippen LogP contribution < -0.4 is 18.9 Å². The number of methoxy groups -OCH3 is 3. The lowest BCUT2D eigenvalue weighted by atomic mass is 10.1. The second-order valence-electron chi connectivity index (χ2n) is 6.56. The van der Waals surface area contributed by atoms with Crippen molar-refractivity contribution in [2.45, 2.75) is 4.90 Å². The quantitative estimate of drug-likeness (QED) is 0.390. The molecule has 0 unspecified atom stereocenters. The first kappa shape index (κ1) is 23.8. The van der Waals surface area contributed by atoms with Crippen LogP contribution in [0.5, 0.6) is 17.2 Å². The number of benzene rings is 3. The number of halogens is 2. The fourth-order valence-corrected chi connectivity index (χ4v) is 4.44. The molecule has 3 rings (SSSR count). The van der Waals surface area contributed by atoms with E-state index in [-0.39, 0.29) is 14.9 Å². The molecular weight excluding hydrogens is 473 g/mol. The maximum absolute atomic E-state index is 12.8. The third-order valence-corrected chi connectivity index (χ3v) is 6.65. The molecule has 9 heteroatoms. The van der Waals surface area contributed by atoms with Gasteiger partial charge in [-0.05, 0) is 47.5 Å². The van der Waals surface area contributed by atoms with Gasteiger partial charge in [-0.2, -0.15) is 0 Å². The van der Waals surface area contributed by atoms with Crippen LogP contribution in [0.2, 0.25) is 10.0 Å². The van der Waals surface area contributed by atoms with Crippen LogP contribution in [0.15, 0.2) is 59.5 Å². The Kier molecular flexibility index (Phi) is 7.56. The van der Waals surface area contributed by atoms with Crippen molar-refractivity contribution in [3.63, 3.8) is 0 Å². The zero-order valence-corrected chi connectivity index (χ0v) is 19.9. The van der Waals surface area contributed by atoms with Crippen molar-refractivity contribution >= 4 is 51.1 Å². The van der Waals surface area contributed by atoms with Crippen molar-refractivity contribution in [2.75, 3.05) is 26.1 Å². The van der Waals surface area contributed by atoms with Crippen LogP contribution in [0.1, 0.15) is 11.1 Å². The summed E-state index contributed by atoms with van der Waals surface area (Å²) in [5, 5.41) is 0.435. The lowest BCUT2D eigenvalue weighted by Gasteiger charge is -2.13. The molecule has 3 aromatic carbocycles. The van der Waals surface area contributed by atoms with Crippen molar-refractivity contribution in [1.82, 2.24) is 0 Å². The van der Waals surface area contributed by atoms with Gasteiger partial charge >= 0.3 is 0 Å². The van der Waals surface area contributed by atoms with Gasteiger partial charge in [-0.15, -0.1) is 0 Å². The number of sulfonamides is 1. The number of hydrogen-bond acceptors (Lipinski definition) is 5. The van der Waals surface area contributed by atoms with Gasteiger partial charge in [-0.1, -0.05) is 53.6 Å². The van der Waals surface area contributed by atoms with E-state index < -0.39 is 10.0 Å². The van der Waals surface area contributed by atoms with Crippen LogP contribution >= 0.6 is 23.2 Å². The van der Waals surface area contributed by atoms with Crippen molar-refractivity contribution < 1.29 is 22.6 Å². The molecule has 0 amide bonds. The topological polar surface area (TPSA) is 73.9 Å². The monoisotopic (exact) mass is 493 g/mol. The summed E-state index contributed by atoms with van der Waals surface area (Å²) in [7, 11) is 0.741. The maximum Gasteiger partial charge on any atom is 0.261 e. The fraction of sp³-hybridized carbons (Fsp3) is 0.130. The van der Waals surface area contributed by atoms with Gasteiger partial charge in [0.25, 0.3) is 10.0 Å². The van der Waals surface area contributed by atoms with E-state index in [9.17, 15) is 8.42 Å². The first-order chi connectivity index (χ1) is 15.3. The Morgan fingerprint density at radius 3 is 2.06 bits per heavy atom. The average Bonchev–Trinajstić information content (AvgIpc) is 2.79. The third-order valence-electron chi connectivity index (χ3n) is 4.55. The Labute approximate surface area is 197 Å². The highest BCUT2D eigenvalue weighted by molar-refractivity contribution is 7.92. The summed E-state index contributed by atoms with van der Waals surface area (Å²) in [6.45, 7) is 0. The number of ether oxygens (including phenoxy) is 3. The molecule has 32 heavy (non-hydrogen) atoms. The smallest absolute Gasteiger partial charge is 0.261 e. The highest BCUT2D eigenvalue weighted by Gasteiger charge is 2.17. The zero-order chi connectivity index (χ0) is 23.3. The molecule has 168 valence electrons. The molecule has 0 atom stereocenters. The Balaban J connectivity index is 1.94. The molecule has 3 aromatic rings. The maximum atomic E-state index is 12.8. The van der Waals surface area contributed by atoms with E-state index in [4.69, 9.17) is 37.4 Å². The van der Waals surface area contributed by atoms with Crippen LogP contribution in [-0.2, 0) is 10.0 Å². The lowest BCUT2D eigenvalue weighted by molar-refractivity contribution is 0.324. The molecule has 0 heterocycles. The molecular formula is C23H21Cl2NO5S. The SMILES string of the molecule is COc1cc(C=Cc2ccccc2NS(=O)(=O)c2ccc(Cl)c(Cl)c2)cc(OC)c1OC. The molecule has 0 aromatic heterocycles. The summed E-state index contributed by atoms with van der Waals surface area (Å²) in [6.07, 6.45) is 3.60. The highest BCUT2D eigenvalue weighted by atomic mass is 35.5. The van der Waals surface area contributed by atoms with Gasteiger partial charge < -0.3 is 14.2 Å². The van der Waals surface area contributed by atoms with Gasteiger partial charge in [-0.25, -0.2) is 8.42 Å². The molecule has 0 fully saturated rings. The number of para-hydroxylation sites is 1.